The van der Waals surface area contributed by atoms with E-state index in [9.17, 15) is 9.59 Å². The van der Waals surface area contributed by atoms with Crippen molar-refractivity contribution >= 4 is 27.7 Å². The summed E-state index contributed by atoms with van der Waals surface area (Å²) in [6, 6.07) is 0. The molecule has 4 heteroatoms. The molecule has 0 aromatic carbocycles. The van der Waals surface area contributed by atoms with Gasteiger partial charge < -0.3 is 4.74 Å². The van der Waals surface area contributed by atoms with Crippen molar-refractivity contribution in [2.75, 3.05) is 7.11 Å². The summed E-state index contributed by atoms with van der Waals surface area (Å²) in [5, 5.41) is 0. The number of esters is 1. The predicted molar refractivity (Wildman–Crippen MR) is 49.4 cm³/mol. The Hall–Kier alpha value is -0.380. The molecule has 2 bridgehead atoms. The van der Waals surface area contributed by atoms with E-state index in [1.165, 1.54) is 7.11 Å². The lowest BCUT2D eigenvalue weighted by Gasteiger charge is -2.21. The van der Waals surface area contributed by atoms with Crippen molar-refractivity contribution in [2.24, 2.45) is 17.8 Å². The van der Waals surface area contributed by atoms with Crippen molar-refractivity contribution in [2.45, 2.75) is 17.7 Å². The van der Waals surface area contributed by atoms with E-state index < -0.39 is 0 Å². The summed E-state index contributed by atoms with van der Waals surface area (Å²) in [4.78, 5) is 22.8. The summed E-state index contributed by atoms with van der Waals surface area (Å²) in [7, 11) is 1.38. The van der Waals surface area contributed by atoms with Gasteiger partial charge in [-0.2, -0.15) is 0 Å². The summed E-state index contributed by atoms with van der Waals surface area (Å²) in [6.07, 6.45) is 1.66. The van der Waals surface area contributed by atoms with Crippen LogP contribution in [0.5, 0.6) is 0 Å². The van der Waals surface area contributed by atoms with Crippen molar-refractivity contribution in [3.05, 3.63) is 0 Å². The van der Waals surface area contributed by atoms with Crippen LogP contribution in [0.2, 0.25) is 0 Å². The molecule has 72 valence electrons. The molecule has 4 atom stereocenters. The van der Waals surface area contributed by atoms with Crippen LogP contribution >= 0.6 is 15.9 Å². The zero-order chi connectivity index (χ0) is 9.59. The number of alkyl halides is 1. The molecular formula is C9H11BrO3. The van der Waals surface area contributed by atoms with E-state index >= 15 is 0 Å². The predicted octanol–water partition coefficient (Wildman–Crippen LogP) is 1.15. The number of ether oxygens (including phenoxy) is 1. The Morgan fingerprint density at radius 3 is 2.69 bits per heavy atom. The summed E-state index contributed by atoms with van der Waals surface area (Å²) in [5.74, 6) is 0.0617. The molecule has 2 rings (SSSR count). The maximum atomic E-state index is 11.5. The third-order valence-corrected chi connectivity index (χ3v) is 4.35. The first-order chi connectivity index (χ1) is 6.15. The molecule has 0 aliphatic heterocycles. The fourth-order valence-electron chi connectivity index (χ4n) is 2.48. The van der Waals surface area contributed by atoms with E-state index in [0.717, 1.165) is 12.8 Å². The van der Waals surface area contributed by atoms with Crippen LogP contribution in [0.4, 0.5) is 0 Å². The van der Waals surface area contributed by atoms with Gasteiger partial charge in [0.25, 0.3) is 0 Å². The van der Waals surface area contributed by atoms with Crippen molar-refractivity contribution in [1.29, 1.82) is 0 Å². The van der Waals surface area contributed by atoms with Gasteiger partial charge in [0, 0.05) is 5.92 Å². The van der Waals surface area contributed by atoms with E-state index in [0.29, 0.717) is 5.92 Å². The molecule has 0 radical (unpaired) electrons. The lowest BCUT2D eigenvalue weighted by Crippen LogP contribution is -2.33. The number of halogens is 1. The van der Waals surface area contributed by atoms with Crippen LogP contribution in [0.25, 0.3) is 0 Å². The SMILES string of the molecule is COC(=O)[C@@H]1C[C@H]2C[C@H]1C(=O)[C@H]2Br. The molecule has 0 spiro atoms. The van der Waals surface area contributed by atoms with E-state index in [1.807, 2.05) is 0 Å². The number of hydrogen-bond donors (Lipinski definition) is 0. The molecule has 2 aliphatic carbocycles. The monoisotopic (exact) mass is 246 g/mol. The standard InChI is InChI=1S/C9H11BrO3/c1-13-9(12)6-3-4-2-5(6)8(11)7(4)10/h4-7H,2-3H2,1H3/t4-,5-,6-,7+/m1/s1. The number of carbonyl (C=O) groups is 2. The first-order valence-electron chi connectivity index (χ1n) is 4.40. The van der Waals surface area contributed by atoms with Crippen LogP contribution in [0, 0.1) is 17.8 Å². The Labute approximate surface area is 85.0 Å². The minimum atomic E-state index is -0.222. The molecule has 2 aliphatic rings. The van der Waals surface area contributed by atoms with E-state index in [2.05, 4.69) is 20.7 Å². The molecule has 0 aromatic heterocycles. The number of fused-ring (bicyclic) bond motifs is 2. The largest absolute Gasteiger partial charge is 0.469 e. The molecule has 0 heterocycles. The zero-order valence-electron chi connectivity index (χ0n) is 7.33. The molecule has 0 unspecified atom stereocenters. The Balaban J connectivity index is 2.14. The summed E-state index contributed by atoms with van der Waals surface area (Å²) < 4.78 is 4.66. The quantitative estimate of drug-likeness (QED) is 0.515. The Morgan fingerprint density at radius 1 is 1.54 bits per heavy atom. The Morgan fingerprint density at radius 2 is 2.23 bits per heavy atom. The molecular weight excluding hydrogens is 236 g/mol. The van der Waals surface area contributed by atoms with Crippen molar-refractivity contribution in [1.82, 2.24) is 0 Å². The molecule has 0 amide bonds. The number of rotatable bonds is 1. The van der Waals surface area contributed by atoms with Gasteiger partial charge in [0.05, 0.1) is 17.9 Å². The van der Waals surface area contributed by atoms with Crippen LogP contribution < -0.4 is 0 Å². The Kier molecular flexibility index (Phi) is 2.18. The topological polar surface area (TPSA) is 43.4 Å². The third kappa shape index (κ3) is 1.23. The van der Waals surface area contributed by atoms with Gasteiger partial charge in [0.15, 0.2) is 5.78 Å². The second-order valence-corrected chi connectivity index (χ2v) is 4.76. The number of carbonyl (C=O) groups excluding carboxylic acids is 2. The molecule has 2 fully saturated rings. The van der Waals surface area contributed by atoms with Gasteiger partial charge >= 0.3 is 5.97 Å². The van der Waals surface area contributed by atoms with Crippen LogP contribution in [0.15, 0.2) is 0 Å². The van der Waals surface area contributed by atoms with Crippen molar-refractivity contribution < 1.29 is 14.3 Å². The zero-order valence-corrected chi connectivity index (χ0v) is 8.91. The maximum Gasteiger partial charge on any atom is 0.309 e. The molecule has 3 nitrogen and oxygen atoms in total. The highest BCUT2D eigenvalue weighted by atomic mass is 79.9. The van der Waals surface area contributed by atoms with Gasteiger partial charge in [-0.15, -0.1) is 0 Å². The van der Waals surface area contributed by atoms with Crippen LogP contribution in [0.1, 0.15) is 12.8 Å². The molecule has 0 N–H and O–H groups in total. The minimum absolute atomic E-state index is 0.0154. The highest BCUT2D eigenvalue weighted by molar-refractivity contribution is 9.10. The second kappa shape index (κ2) is 3.08. The summed E-state index contributed by atoms with van der Waals surface area (Å²) in [6.45, 7) is 0. The average molecular weight is 247 g/mol. The van der Waals surface area contributed by atoms with Crippen molar-refractivity contribution in [3.63, 3.8) is 0 Å². The lowest BCUT2D eigenvalue weighted by atomic mass is 9.88. The molecule has 0 aromatic rings. The van der Waals surface area contributed by atoms with Gasteiger partial charge in [0.2, 0.25) is 0 Å². The van der Waals surface area contributed by atoms with Gasteiger partial charge in [-0.3, -0.25) is 9.59 Å². The summed E-state index contributed by atoms with van der Waals surface area (Å²) in [5.41, 5.74) is 0. The highest BCUT2D eigenvalue weighted by Gasteiger charge is 2.53. The smallest absolute Gasteiger partial charge is 0.309 e. The first kappa shape index (κ1) is 9.19. The highest BCUT2D eigenvalue weighted by Crippen LogP contribution is 2.49. The second-order valence-electron chi connectivity index (χ2n) is 3.77. The lowest BCUT2D eigenvalue weighted by molar-refractivity contribution is -0.149. The van der Waals surface area contributed by atoms with Crippen LogP contribution in [-0.4, -0.2) is 23.7 Å². The van der Waals surface area contributed by atoms with Crippen molar-refractivity contribution in [3.8, 4) is 0 Å². The minimum Gasteiger partial charge on any atom is -0.469 e. The number of ketones is 1. The van der Waals surface area contributed by atoms with E-state index in [-0.39, 0.29) is 28.4 Å². The molecule has 2 saturated carbocycles. The Bertz CT molecular complexity index is 264. The normalized spacial score (nSPS) is 42.5. The third-order valence-electron chi connectivity index (χ3n) is 3.15. The fraction of sp³-hybridized carbons (Fsp3) is 0.778. The van der Waals surface area contributed by atoms with Gasteiger partial charge in [-0.05, 0) is 18.8 Å². The van der Waals surface area contributed by atoms with Gasteiger partial charge in [-0.1, -0.05) is 15.9 Å². The van der Waals surface area contributed by atoms with Gasteiger partial charge in [-0.25, -0.2) is 0 Å². The maximum absolute atomic E-state index is 11.5. The number of hydrogen-bond acceptors (Lipinski definition) is 3. The first-order valence-corrected chi connectivity index (χ1v) is 5.32. The number of Topliss-reactive ketones (excluding diaryl/α,β-unsaturated/α-hetero) is 1. The summed E-state index contributed by atoms with van der Waals surface area (Å²) >= 11 is 3.36. The van der Waals surface area contributed by atoms with Gasteiger partial charge in [0.1, 0.15) is 0 Å². The van der Waals surface area contributed by atoms with E-state index in [4.69, 9.17) is 0 Å². The molecule has 13 heavy (non-hydrogen) atoms. The number of methoxy groups -OCH3 is 1. The fourth-order valence-corrected chi connectivity index (χ4v) is 3.25. The molecule has 0 saturated heterocycles. The van der Waals surface area contributed by atoms with E-state index in [1.54, 1.807) is 0 Å². The van der Waals surface area contributed by atoms with Crippen LogP contribution in [-0.2, 0) is 14.3 Å². The average Bonchev–Trinajstić information content (AvgIpc) is 2.67. The van der Waals surface area contributed by atoms with Crippen LogP contribution in [0.3, 0.4) is 0 Å².